The first-order valence-corrected chi connectivity index (χ1v) is 14.0. The number of hydrogen-bond acceptors (Lipinski definition) is 4. The minimum Gasteiger partial charge on any atom is -0.450 e. The number of benzene rings is 3. The highest BCUT2D eigenvalue weighted by molar-refractivity contribution is 6.30. The SMILES string of the molecule is CC(C)(C)OC(=O)O.CCC(CC)C1CNCC(OCc2ccc3ccccc3c2)C1c1ccc(Cl)cc1. The Morgan fingerprint density at radius 3 is 2.24 bits per heavy atom. The van der Waals surface area contributed by atoms with Gasteiger partial charge in [-0.2, -0.15) is 0 Å². The molecule has 3 aromatic rings. The van der Waals surface area contributed by atoms with Gasteiger partial charge in [-0.05, 0) is 79.3 Å². The Hall–Kier alpha value is -2.60. The fourth-order valence-corrected chi connectivity index (χ4v) is 5.51. The first kappa shape index (κ1) is 29.9. The summed E-state index contributed by atoms with van der Waals surface area (Å²) in [6.45, 7) is 12.2. The second-order valence-electron chi connectivity index (χ2n) is 11.0. The minimum absolute atomic E-state index is 0.150. The van der Waals surface area contributed by atoms with Crippen molar-refractivity contribution < 1.29 is 19.4 Å². The van der Waals surface area contributed by atoms with E-state index in [0.29, 0.717) is 24.4 Å². The van der Waals surface area contributed by atoms with Crippen molar-refractivity contribution in [2.75, 3.05) is 13.1 Å². The zero-order valence-electron chi connectivity index (χ0n) is 23.2. The van der Waals surface area contributed by atoms with Gasteiger partial charge in [-0.3, -0.25) is 0 Å². The largest absolute Gasteiger partial charge is 0.506 e. The van der Waals surface area contributed by atoms with E-state index in [1.165, 1.54) is 34.7 Å². The molecule has 1 fully saturated rings. The number of fused-ring (bicyclic) bond motifs is 1. The van der Waals surface area contributed by atoms with Crippen molar-refractivity contribution in [3.63, 3.8) is 0 Å². The third-order valence-corrected chi connectivity index (χ3v) is 7.42. The van der Waals surface area contributed by atoms with Crippen molar-refractivity contribution in [3.8, 4) is 0 Å². The van der Waals surface area contributed by atoms with Crippen LogP contribution in [0.5, 0.6) is 0 Å². The number of ether oxygens (including phenoxy) is 2. The molecular weight excluding hydrogens is 498 g/mol. The van der Waals surface area contributed by atoms with Crippen LogP contribution in [0.1, 0.15) is 64.5 Å². The second kappa shape index (κ2) is 14.0. The smallest absolute Gasteiger partial charge is 0.450 e. The van der Waals surface area contributed by atoms with E-state index < -0.39 is 11.8 Å². The average molecular weight is 540 g/mol. The molecular formula is C32H42ClNO4. The number of carbonyl (C=O) groups is 1. The lowest BCUT2D eigenvalue weighted by Gasteiger charge is -2.42. The van der Waals surface area contributed by atoms with Crippen molar-refractivity contribution in [3.05, 3.63) is 82.9 Å². The van der Waals surface area contributed by atoms with Gasteiger partial charge in [-0.15, -0.1) is 0 Å². The third kappa shape index (κ3) is 8.72. The van der Waals surface area contributed by atoms with Crippen LogP contribution in [-0.4, -0.2) is 36.1 Å². The standard InChI is InChI=1S/C27H32ClNO.C5H10O3/c1-3-20(4-2)25-16-29-17-26(27(25)22-11-13-24(28)14-12-22)30-18-19-9-10-21-7-5-6-8-23(21)15-19;1-5(2,3)8-4(6)7/h5-15,20,25-27,29H,3-4,16-18H2,1-2H3;1-3H3,(H,6,7). The van der Waals surface area contributed by atoms with Gasteiger partial charge >= 0.3 is 6.16 Å². The van der Waals surface area contributed by atoms with Crippen LogP contribution in [-0.2, 0) is 16.1 Å². The van der Waals surface area contributed by atoms with Gasteiger partial charge in [-0.25, -0.2) is 4.79 Å². The van der Waals surface area contributed by atoms with Crippen molar-refractivity contribution in [1.29, 1.82) is 0 Å². The van der Waals surface area contributed by atoms with Gasteiger partial charge in [0.25, 0.3) is 0 Å². The monoisotopic (exact) mass is 539 g/mol. The summed E-state index contributed by atoms with van der Waals surface area (Å²) in [6.07, 6.45) is 1.32. The van der Waals surface area contributed by atoms with Crippen LogP contribution in [0.25, 0.3) is 10.8 Å². The van der Waals surface area contributed by atoms with Crippen LogP contribution in [0.3, 0.4) is 0 Å². The van der Waals surface area contributed by atoms with Gasteiger partial charge in [0.2, 0.25) is 0 Å². The topological polar surface area (TPSA) is 67.8 Å². The highest BCUT2D eigenvalue weighted by Crippen LogP contribution is 2.39. The number of carboxylic acid groups (broad SMARTS) is 1. The van der Waals surface area contributed by atoms with Gasteiger partial charge in [0.05, 0.1) is 12.7 Å². The fourth-order valence-electron chi connectivity index (χ4n) is 5.38. The van der Waals surface area contributed by atoms with Crippen molar-refractivity contribution in [1.82, 2.24) is 5.32 Å². The normalized spacial score (nSPS) is 19.6. The molecule has 1 saturated heterocycles. The quantitative estimate of drug-likeness (QED) is 0.295. The molecule has 1 aliphatic heterocycles. The van der Waals surface area contributed by atoms with Crippen LogP contribution in [0, 0.1) is 11.8 Å². The molecule has 6 heteroatoms. The predicted molar refractivity (Wildman–Crippen MR) is 156 cm³/mol. The third-order valence-electron chi connectivity index (χ3n) is 7.17. The molecule has 0 radical (unpaired) electrons. The minimum atomic E-state index is -1.22. The molecule has 5 nitrogen and oxygen atoms in total. The first-order valence-electron chi connectivity index (χ1n) is 13.6. The van der Waals surface area contributed by atoms with Crippen molar-refractivity contribution in [2.45, 2.75) is 71.7 Å². The summed E-state index contributed by atoms with van der Waals surface area (Å²) in [5.74, 6) is 1.63. The number of halogens is 1. The summed E-state index contributed by atoms with van der Waals surface area (Å²) in [7, 11) is 0. The number of rotatable bonds is 7. The maximum atomic E-state index is 9.79. The summed E-state index contributed by atoms with van der Waals surface area (Å²) < 4.78 is 10.9. The lowest BCUT2D eigenvalue weighted by molar-refractivity contribution is -0.0168. The molecule has 3 unspecified atom stereocenters. The Kier molecular flexibility index (Phi) is 11.0. The second-order valence-corrected chi connectivity index (χ2v) is 11.4. The molecule has 2 N–H and O–H groups in total. The molecule has 0 aliphatic carbocycles. The summed E-state index contributed by atoms with van der Waals surface area (Å²) in [4.78, 5) is 9.79. The molecule has 38 heavy (non-hydrogen) atoms. The number of hydrogen-bond donors (Lipinski definition) is 2. The van der Waals surface area contributed by atoms with Gasteiger partial charge in [0.15, 0.2) is 0 Å². The summed E-state index contributed by atoms with van der Waals surface area (Å²) >= 11 is 6.19. The molecule has 3 aromatic carbocycles. The Bertz CT molecular complexity index is 1150. The number of piperidine rings is 1. The van der Waals surface area contributed by atoms with Crippen molar-refractivity contribution >= 4 is 28.5 Å². The fraction of sp³-hybridized carbons (Fsp3) is 0.469. The highest BCUT2D eigenvalue weighted by atomic mass is 35.5. The highest BCUT2D eigenvalue weighted by Gasteiger charge is 2.38. The zero-order valence-corrected chi connectivity index (χ0v) is 24.0. The van der Waals surface area contributed by atoms with E-state index in [9.17, 15) is 4.79 Å². The van der Waals surface area contributed by atoms with E-state index in [1.807, 2.05) is 12.1 Å². The van der Waals surface area contributed by atoms with Crippen molar-refractivity contribution in [2.24, 2.45) is 11.8 Å². The zero-order chi connectivity index (χ0) is 27.7. The predicted octanol–water partition coefficient (Wildman–Crippen LogP) is 8.30. The maximum Gasteiger partial charge on any atom is 0.506 e. The molecule has 0 bridgehead atoms. The van der Waals surface area contributed by atoms with Gasteiger partial charge < -0.3 is 19.9 Å². The van der Waals surface area contributed by atoms with E-state index in [-0.39, 0.29) is 6.10 Å². The molecule has 4 rings (SSSR count). The molecule has 3 atom stereocenters. The van der Waals surface area contributed by atoms with E-state index in [4.69, 9.17) is 21.4 Å². The molecule has 0 spiro atoms. The van der Waals surface area contributed by atoms with E-state index in [1.54, 1.807) is 20.8 Å². The van der Waals surface area contributed by atoms with Crippen LogP contribution in [0.2, 0.25) is 5.02 Å². The lowest BCUT2D eigenvalue weighted by atomic mass is 9.71. The molecule has 0 saturated carbocycles. The lowest BCUT2D eigenvalue weighted by Crippen LogP contribution is -2.49. The molecule has 206 valence electrons. The Morgan fingerprint density at radius 1 is 1.00 bits per heavy atom. The Morgan fingerprint density at radius 2 is 1.66 bits per heavy atom. The van der Waals surface area contributed by atoms with Gasteiger partial charge in [0.1, 0.15) is 5.60 Å². The van der Waals surface area contributed by atoms with Crippen LogP contribution in [0.15, 0.2) is 66.7 Å². The molecule has 0 amide bonds. The number of nitrogens with one attached hydrogen (secondary N) is 1. The van der Waals surface area contributed by atoms with Gasteiger partial charge in [0, 0.05) is 17.5 Å². The van der Waals surface area contributed by atoms with E-state index >= 15 is 0 Å². The summed E-state index contributed by atoms with van der Waals surface area (Å²) in [6, 6.07) is 23.6. The maximum absolute atomic E-state index is 9.79. The van der Waals surface area contributed by atoms with Gasteiger partial charge in [-0.1, -0.05) is 86.8 Å². The Balaban J connectivity index is 0.000000436. The Labute approximate surface area is 232 Å². The van der Waals surface area contributed by atoms with E-state index in [2.05, 4.69) is 78.5 Å². The van der Waals surface area contributed by atoms with Crippen LogP contribution >= 0.6 is 11.6 Å². The molecule has 1 aliphatic rings. The summed E-state index contributed by atoms with van der Waals surface area (Å²) in [5.41, 5.74) is 2.00. The summed E-state index contributed by atoms with van der Waals surface area (Å²) in [5, 5.41) is 15.0. The van der Waals surface area contributed by atoms with E-state index in [0.717, 1.165) is 18.1 Å². The van der Waals surface area contributed by atoms with Crippen LogP contribution < -0.4 is 5.32 Å². The molecule has 0 aromatic heterocycles. The average Bonchev–Trinajstić information content (AvgIpc) is 2.88. The first-order chi connectivity index (χ1) is 18.1. The molecule has 1 heterocycles. The van der Waals surface area contributed by atoms with Crippen LogP contribution in [0.4, 0.5) is 4.79 Å².